The number of ketones is 1. The van der Waals surface area contributed by atoms with E-state index in [1.165, 1.54) is 34.2 Å². The molecule has 0 amide bonds. The standard InChI is InChI=1S/C26H27N3O2S2/c1-15-9-11-18(12-10-15)29-16(2)13-20(17(29)3)21(30)14-32-26-27-24-23(25(31)28(26)4)19-7-5-6-8-22(19)33-24/h9-13H,5-8,14H2,1-4H3. The van der Waals surface area contributed by atoms with Crippen molar-refractivity contribution in [3.63, 3.8) is 0 Å². The van der Waals surface area contributed by atoms with Gasteiger partial charge in [-0.2, -0.15) is 0 Å². The number of nitrogens with zero attached hydrogens (tertiary/aromatic N) is 3. The van der Waals surface area contributed by atoms with Crippen LogP contribution in [0.2, 0.25) is 0 Å². The molecule has 4 aromatic rings. The van der Waals surface area contributed by atoms with Gasteiger partial charge in [0.25, 0.3) is 5.56 Å². The maximum Gasteiger partial charge on any atom is 0.262 e. The van der Waals surface area contributed by atoms with Gasteiger partial charge in [0.1, 0.15) is 4.83 Å². The predicted molar refractivity (Wildman–Crippen MR) is 137 cm³/mol. The van der Waals surface area contributed by atoms with Crippen LogP contribution in [0, 0.1) is 20.8 Å². The molecule has 0 unspecified atom stereocenters. The maximum absolute atomic E-state index is 13.2. The first-order valence-corrected chi connectivity index (χ1v) is 13.1. The molecular weight excluding hydrogens is 450 g/mol. The fraction of sp³-hybridized carbons (Fsp3) is 0.346. The van der Waals surface area contributed by atoms with Crippen molar-refractivity contribution in [2.24, 2.45) is 7.05 Å². The highest BCUT2D eigenvalue weighted by Gasteiger charge is 2.22. The predicted octanol–water partition coefficient (Wildman–Crippen LogP) is 5.56. The summed E-state index contributed by atoms with van der Waals surface area (Å²) in [5, 5.41) is 1.39. The molecule has 33 heavy (non-hydrogen) atoms. The zero-order chi connectivity index (χ0) is 23.3. The third kappa shape index (κ3) is 3.87. The zero-order valence-electron chi connectivity index (χ0n) is 19.4. The Morgan fingerprint density at radius 3 is 2.61 bits per heavy atom. The number of thioether (sulfide) groups is 1. The number of thiophene rings is 1. The van der Waals surface area contributed by atoms with E-state index in [2.05, 4.69) is 35.8 Å². The third-order valence-electron chi connectivity index (χ3n) is 6.51. The summed E-state index contributed by atoms with van der Waals surface area (Å²) >= 11 is 2.99. The SMILES string of the molecule is Cc1ccc(-n2c(C)cc(C(=O)CSc3nc4sc5c(c4c(=O)n3C)CCCC5)c2C)cc1. The summed E-state index contributed by atoms with van der Waals surface area (Å²) in [7, 11) is 1.76. The summed E-state index contributed by atoms with van der Waals surface area (Å²) in [6.45, 7) is 6.07. The lowest BCUT2D eigenvalue weighted by atomic mass is 9.97. The Balaban J connectivity index is 1.42. The molecule has 0 spiro atoms. The van der Waals surface area contributed by atoms with Gasteiger partial charge >= 0.3 is 0 Å². The van der Waals surface area contributed by atoms with Crippen LogP contribution in [0.3, 0.4) is 0 Å². The number of benzene rings is 1. The normalized spacial score (nSPS) is 13.5. The molecule has 0 radical (unpaired) electrons. The Kier molecular flexibility index (Phi) is 5.79. The molecule has 0 saturated heterocycles. The van der Waals surface area contributed by atoms with Crippen molar-refractivity contribution in [3.8, 4) is 5.69 Å². The van der Waals surface area contributed by atoms with Gasteiger partial charge < -0.3 is 4.57 Å². The molecule has 3 aromatic heterocycles. The Hall–Kier alpha value is -2.64. The van der Waals surface area contributed by atoms with Gasteiger partial charge in [-0.25, -0.2) is 4.98 Å². The molecule has 0 atom stereocenters. The highest BCUT2D eigenvalue weighted by molar-refractivity contribution is 7.99. The summed E-state index contributed by atoms with van der Waals surface area (Å²) in [6, 6.07) is 10.3. The molecule has 3 heterocycles. The van der Waals surface area contributed by atoms with Crippen molar-refractivity contribution >= 4 is 39.1 Å². The van der Waals surface area contributed by atoms with Crippen LogP contribution in [0.4, 0.5) is 0 Å². The first-order valence-electron chi connectivity index (χ1n) is 11.3. The summed E-state index contributed by atoms with van der Waals surface area (Å²) in [4.78, 5) is 33.2. The lowest BCUT2D eigenvalue weighted by Crippen LogP contribution is -2.21. The topological polar surface area (TPSA) is 56.9 Å². The molecule has 0 N–H and O–H groups in total. The van der Waals surface area contributed by atoms with Gasteiger partial charge in [0, 0.05) is 34.6 Å². The highest BCUT2D eigenvalue weighted by atomic mass is 32.2. The van der Waals surface area contributed by atoms with Gasteiger partial charge in [-0.05, 0) is 70.2 Å². The minimum atomic E-state index is 0.00639. The summed E-state index contributed by atoms with van der Waals surface area (Å²) in [5.41, 5.74) is 6.15. The lowest BCUT2D eigenvalue weighted by molar-refractivity contribution is 0.102. The van der Waals surface area contributed by atoms with Crippen LogP contribution >= 0.6 is 23.1 Å². The summed E-state index contributed by atoms with van der Waals surface area (Å²) in [6.07, 6.45) is 4.32. The van der Waals surface area contributed by atoms with E-state index < -0.39 is 0 Å². The van der Waals surface area contributed by atoms with E-state index in [4.69, 9.17) is 4.98 Å². The molecule has 5 rings (SSSR count). The van der Waals surface area contributed by atoms with Crippen molar-refractivity contribution in [2.45, 2.75) is 51.6 Å². The smallest absolute Gasteiger partial charge is 0.262 e. The largest absolute Gasteiger partial charge is 0.318 e. The summed E-state index contributed by atoms with van der Waals surface area (Å²) in [5.74, 6) is 0.293. The van der Waals surface area contributed by atoms with E-state index >= 15 is 0 Å². The molecule has 0 fully saturated rings. The molecule has 0 bridgehead atoms. The second-order valence-corrected chi connectivity index (χ2v) is 10.8. The number of carbonyl (C=O) groups is 1. The van der Waals surface area contributed by atoms with Gasteiger partial charge in [-0.15, -0.1) is 11.3 Å². The van der Waals surface area contributed by atoms with Crippen molar-refractivity contribution in [2.75, 3.05) is 5.75 Å². The Bertz CT molecular complexity index is 1440. The lowest BCUT2D eigenvalue weighted by Gasteiger charge is -2.11. The second kappa shape index (κ2) is 8.61. The maximum atomic E-state index is 13.2. The van der Waals surface area contributed by atoms with E-state index in [9.17, 15) is 9.59 Å². The number of carbonyl (C=O) groups excluding carboxylic acids is 1. The molecule has 7 heteroatoms. The fourth-order valence-corrected chi connectivity index (χ4v) is 6.90. The van der Waals surface area contributed by atoms with E-state index in [1.54, 1.807) is 23.0 Å². The van der Waals surface area contributed by atoms with Crippen LogP contribution in [0.25, 0.3) is 15.9 Å². The van der Waals surface area contributed by atoms with E-state index in [0.717, 1.165) is 52.1 Å². The van der Waals surface area contributed by atoms with Gasteiger partial charge in [0.15, 0.2) is 10.9 Å². The van der Waals surface area contributed by atoms with Crippen LogP contribution < -0.4 is 5.56 Å². The number of hydrogen-bond donors (Lipinski definition) is 0. The number of aryl methyl sites for hydroxylation is 4. The number of Topliss-reactive ketones (excluding diaryl/α,β-unsaturated/α-hetero) is 1. The number of aromatic nitrogens is 3. The van der Waals surface area contributed by atoms with Gasteiger partial charge in [-0.3, -0.25) is 14.2 Å². The molecular formula is C26H27N3O2S2. The van der Waals surface area contributed by atoms with Crippen LogP contribution in [-0.4, -0.2) is 25.7 Å². The Labute approximate surface area is 201 Å². The first-order chi connectivity index (χ1) is 15.8. The highest BCUT2D eigenvalue weighted by Crippen LogP contribution is 2.34. The first kappa shape index (κ1) is 22.2. The monoisotopic (exact) mass is 477 g/mol. The minimum absolute atomic E-state index is 0.00639. The Morgan fingerprint density at radius 2 is 1.85 bits per heavy atom. The average molecular weight is 478 g/mol. The number of rotatable bonds is 5. The van der Waals surface area contributed by atoms with Crippen molar-refractivity contribution in [1.29, 1.82) is 0 Å². The molecule has 1 aliphatic carbocycles. The molecule has 0 saturated carbocycles. The van der Waals surface area contributed by atoms with E-state index in [0.29, 0.717) is 5.16 Å². The summed E-state index contributed by atoms with van der Waals surface area (Å²) < 4.78 is 3.73. The van der Waals surface area contributed by atoms with Gasteiger partial charge in [0.2, 0.25) is 0 Å². The van der Waals surface area contributed by atoms with Crippen LogP contribution in [0.1, 0.15) is 50.6 Å². The molecule has 1 aliphatic rings. The van der Waals surface area contributed by atoms with Crippen LogP contribution in [0.5, 0.6) is 0 Å². The van der Waals surface area contributed by atoms with Crippen LogP contribution in [-0.2, 0) is 19.9 Å². The van der Waals surface area contributed by atoms with E-state index in [1.807, 2.05) is 19.9 Å². The zero-order valence-corrected chi connectivity index (χ0v) is 21.0. The van der Waals surface area contributed by atoms with Gasteiger partial charge in [-0.1, -0.05) is 29.5 Å². The number of hydrogen-bond acceptors (Lipinski definition) is 5. The fourth-order valence-electron chi connectivity index (χ4n) is 4.74. The molecule has 170 valence electrons. The van der Waals surface area contributed by atoms with E-state index in [-0.39, 0.29) is 17.1 Å². The molecule has 0 aliphatic heterocycles. The van der Waals surface area contributed by atoms with Crippen molar-refractivity contribution in [3.05, 3.63) is 73.6 Å². The molecule has 1 aromatic carbocycles. The third-order valence-corrected chi connectivity index (χ3v) is 8.73. The Morgan fingerprint density at radius 1 is 1.12 bits per heavy atom. The number of fused-ring (bicyclic) bond motifs is 3. The van der Waals surface area contributed by atoms with Gasteiger partial charge in [0.05, 0.1) is 11.1 Å². The minimum Gasteiger partial charge on any atom is -0.318 e. The average Bonchev–Trinajstić information content (AvgIpc) is 3.32. The second-order valence-electron chi connectivity index (χ2n) is 8.82. The quantitative estimate of drug-likeness (QED) is 0.214. The van der Waals surface area contributed by atoms with Crippen LogP contribution in [0.15, 0.2) is 40.3 Å². The molecule has 5 nitrogen and oxygen atoms in total. The van der Waals surface area contributed by atoms with Crippen molar-refractivity contribution < 1.29 is 4.79 Å². The van der Waals surface area contributed by atoms with Crippen molar-refractivity contribution in [1.82, 2.24) is 14.1 Å².